The molecule has 1 aliphatic rings. The second-order valence-corrected chi connectivity index (χ2v) is 5.92. The number of thiocarbonyl (C=S) groups is 1. The smallest absolute Gasteiger partial charge is 0.106 e. The molecule has 0 aromatic heterocycles. The molecule has 1 fully saturated rings. The summed E-state index contributed by atoms with van der Waals surface area (Å²) in [6, 6.07) is 6.34. The minimum Gasteiger partial charge on any atom is -0.389 e. The molecule has 2 unspecified atom stereocenters. The first-order valence-electron chi connectivity index (χ1n) is 5.94. The maximum absolute atomic E-state index is 5.79. The summed E-state index contributed by atoms with van der Waals surface area (Å²) < 4.78 is 6.65. The van der Waals surface area contributed by atoms with Gasteiger partial charge >= 0.3 is 0 Å². The van der Waals surface area contributed by atoms with Gasteiger partial charge in [-0.15, -0.1) is 0 Å². The molecule has 1 aromatic rings. The lowest BCUT2D eigenvalue weighted by atomic mass is 10.1. The van der Waals surface area contributed by atoms with E-state index in [4.69, 9.17) is 22.7 Å². The standard InChI is InChI=1S/C13H17BrN2OS/c1-8-11(5-6-17-8)16(2)12-7-9(14)3-4-10(12)13(15)18/h3-4,7-8,11H,5-6H2,1-2H3,(H2,15,18). The van der Waals surface area contributed by atoms with Crippen molar-refractivity contribution in [3.63, 3.8) is 0 Å². The second-order valence-electron chi connectivity index (χ2n) is 4.57. The summed E-state index contributed by atoms with van der Waals surface area (Å²) in [4.78, 5) is 2.65. The van der Waals surface area contributed by atoms with Crippen LogP contribution in [0.4, 0.5) is 5.69 Å². The van der Waals surface area contributed by atoms with Gasteiger partial charge in [0, 0.05) is 29.4 Å². The minimum absolute atomic E-state index is 0.230. The van der Waals surface area contributed by atoms with Gasteiger partial charge in [0.2, 0.25) is 0 Å². The highest BCUT2D eigenvalue weighted by molar-refractivity contribution is 9.10. The average molecular weight is 329 g/mol. The maximum atomic E-state index is 5.79. The van der Waals surface area contributed by atoms with Crippen LogP contribution in [0.5, 0.6) is 0 Å². The third-order valence-corrected chi connectivity index (χ3v) is 4.15. The summed E-state index contributed by atoms with van der Waals surface area (Å²) in [5.41, 5.74) is 7.76. The van der Waals surface area contributed by atoms with E-state index in [1.807, 2.05) is 12.1 Å². The van der Waals surface area contributed by atoms with Crippen LogP contribution >= 0.6 is 28.1 Å². The highest BCUT2D eigenvalue weighted by Gasteiger charge is 2.29. The van der Waals surface area contributed by atoms with Crippen LogP contribution in [0.15, 0.2) is 22.7 Å². The molecule has 2 atom stereocenters. The van der Waals surface area contributed by atoms with E-state index >= 15 is 0 Å². The predicted molar refractivity (Wildman–Crippen MR) is 82.3 cm³/mol. The van der Waals surface area contributed by atoms with E-state index in [0.717, 1.165) is 28.8 Å². The van der Waals surface area contributed by atoms with Crippen molar-refractivity contribution in [2.45, 2.75) is 25.5 Å². The molecular formula is C13H17BrN2OS. The van der Waals surface area contributed by atoms with Crippen LogP contribution in [-0.4, -0.2) is 30.8 Å². The summed E-state index contributed by atoms with van der Waals surface area (Å²) >= 11 is 8.62. The van der Waals surface area contributed by atoms with Gasteiger partial charge in [-0.05, 0) is 31.5 Å². The molecule has 0 saturated carbocycles. The Morgan fingerprint density at radius 3 is 2.83 bits per heavy atom. The summed E-state index contributed by atoms with van der Waals surface area (Å²) in [6.45, 7) is 2.92. The van der Waals surface area contributed by atoms with E-state index in [-0.39, 0.29) is 6.10 Å². The van der Waals surface area contributed by atoms with E-state index in [1.165, 1.54) is 0 Å². The number of benzene rings is 1. The molecular weight excluding hydrogens is 312 g/mol. The summed E-state index contributed by atoms with van der Waals surface area (Å²) in [6.07, 6.45) is 1.26. The van der Waals surface area contributed by atoms with Crippen molar-refractivity contribution in [2.75, 3.05) is 18.6 Å². The Morgan fingerprint density at radius 2 is 2.28 bits per heavy atom. The molecule has 18 heavy (non-hydrogen) atoms. The van der Waals surface area contributed by atoms with Gasteiger partial charge in [0.25, 0.3) is 0 Å². The van der Waals surface area contributed by atoms with Gasteiger partial charge in [-0.3, -0.25) is 0 Å². The number of likely N-dealkylation sites (N-methyl/N-ethyl adjacent to an activating group) is 1. The number of rotatable bonds is 3. The van der Waals surface area contributed by atoms with Gasteiger partial charge in [-0.25, -0.2) is 0 Å². The zero-order valence-corrected chi connectivity index (χ0v) is 12.9. The Kier molecular flexibility index (Phi) is 4.25. The summed E-state index contributed by atoms with van der Waals surface area (Å²) in [5.74, 6) is 0. The van der Waals surface area contributed by atoms with E-state index in [9.17, 15) is 0 Å². The normalized spacial score (nSPS) is 23.1. The van der Waals surface area contributed by atoms with Crippen LogP contribution in [0.2, 0.25) is 0 Å². The number of nitrogens with two attached hydrogens (primary N) is 1. The second kappa shape index (κ2) is 5.55. The molecule has 0 radical (unpaired) electrons. The van der Waals surface area contributed by atoms with Crippen molar-refractivity contribution in [1.82, 2.24) is 0 Å². The van der Waals surface area contributed by atoms with Gasteiger partial charge in [0.1, 0.15) is 4.99 Å². The molecule has 1 aromatic carbocycles. The molecule has 0 amide bonds. The van der Waals surface area contributed by atoms with Crippen LogP contribution in [0.25, 0.3) is 0 Å². The molecule has 98 valence electrons. The van der Waals surface area contributed by atoms with Crippen molar-refractivity contribution >= 4 is 38.8 Å². The number of nitrogens with zero attached hydrogens (tertiary/aromatic N) is 1. The zero-order valence-electron chi connectivity index (χ0n) is 10.5. The topological polar surface area (TPSA) is 38.5 Å². The fraction of sp³-hybridized carbons (Fsp3) is 0.462. The molecule has 2 N–H and O–H groups in total. The number of anilines is 1. The Morgan fingerprint density at radius 1 is 1.56 bits per heavy atom. The molecule has 1 heterocycles. The van der Waals surface area contributed by atoms with E-state index in [1.54, 1.807) is 0 Å². The third kappa shape index (κ3) is 2.68. The third-order valence-electron chi connectivity index (χ3n) is 3.44. The lowest BCUT2D eigenvalue weighted by Gasteiger charge is -2.30. The van der Waals surface area contributed by atoms with Gasteiger partial charge in [0.15, 0.2) is 0 Å². The SMILES string of the molecule is CC1OCCC1N(C)c1cc(Br)ccc1C(N)=S. The Labute approximate surface area is 121 Å². The monoisotopic (exact) mass is 328 g/mol. The Bertz CT molecular complexity index is 466. The zero-order chi connectivity index (χ0) is 13.3. The molecule has 2 rings (SSSR count). The quantitative estimate of drug-likeness (QED) is 0.866. The number of hydrogen-bond donors (Lipinski definition) is 1. The maximum Gasteiger partial charge on any atom is 0.106 e. The van der Waals surface area contributed by atoms with Crippen LogP contribution in [-0.2, 0) is 4.74 Å². The molecule has 3 nitrogen and oxygen atoms in total. The first kappa shape index (κ1) is 13.8. The summed E-state index contributed by atoms with van der Waals surface area (Å²) in [5, 5.41) is 0. The van der Waals surface area contributed by atoms with Crippen molar-refractivity contribution in [3.8, 4) is 0 Å². The first-order valence-corrected chi connectivity index (χ1v) is 7.14. The number of halogens is 1. The van der Waals surface area contributed by atoms with Gasteiger partial charge in [-0.1, -0.05) is 28.1 Å². The van der Waals surface area contributed by atoms with Crippen molar-refractivity contribution in [2.24, 2.45) is 5.73 Å². The van der Waals surface area contributed by atoms with Gasteiger partial charge in [-0.2, -0.15) is 0 Å². The molecule has 1 aliphatic heterocycles. The first-order chi connectivity index (χ1) is 8.50. The Balaban J connectivity index is 2.36. The lowest BCUT2D eigenvalue weighted by Crippen LogP contribution is -2.37. The largest absolute Gasteiger partial charge is 0.389 e. The molecule has 5 heteroatoms. The fourth-order valence-corrected chi connectivity index (χ4v) is 2.93. The Hall–Kier alpha value is -0.650. The fourth-order valence-electron chi connectivity index (χ4n) is 2.41. The van der Waals surface area contributed by atoms with Crippen LogP contribution in [0, 0.1) is 0 Å². The van der Waals surface area contributed by atoms with Gasteiger partial charge < -0.3 is 15.4 Å². The van der Waals surface area contributed by atoms with Crippen molar-refractivity contribution < 1.29 is 4.74 Å². The number of hydrogen-bond acceptors (Lipinski definition) is 3. The van der Waals surface area contributed by atoms with E-state index < -0.39 is 0 Å². The molecule has 0 spiro atoms. The van der Waals surface area contributed by atoms with Crippen LogP contribution in [0.3, 0.4) is 0 Å². The molecule has 1 saturated heterocycles. The lowest BCUT2D eigenvalue weighted by molar-refractivity contribution is 0.118. The van der Waals surface area contributed by atoms with E-state index in [2.05, 4.69) is 40.9 Å². The number of ether oxygens (including phenoxy) is 1. The van der Waals surface area contributed by atoms with Gasteiger partial charge in [0.05, 0.1) is 12.1 Å². The highest BCUT2D eigenvalue weighted by Crippen LogP contribution is 2.29. The van der Waals surface area contributed by atoms with Crippen LogP contribution < -0.4 is 10.6 Å². The summed E-state index contributed by atoms with van der Waals surface area (Å²) in [7, 11) is 2.07. The van der Waals surface area contributed by atoms with Crippen molar-refractivity contribution in [1.29, 1.82) is 0 Å². The van der Waals surface area contributed by atoms with Crippen LogP contribution in [0.1, 0.15) is 18.9 Å². The minimum atomic E-state index is 0.230. The highest BCUT2D eigenvalue weighted by atomic mass is 79.9. The average Bonchev–Trinajstić information content (AvgIpc) is 2.74. The molecule has 0 aliphatic carbocycles. The van der Waals surface area contributed by atoms with Crippen molar-refractivity contribution in [3.05, 3.63) is 28.2 Å². The molecule has 0 bridgehead atoms. The predicted octanol–water partition coefficient (Wildman–Crippen LogP) is 2.70. The van der Waals surface area contributed by atoms with E-state index in [0.29, 0.717) is 11.0 Å².